The first-order valence-corrected chi connectivity index (χ1v) is 9.97. The van der Waals surface area contributed by atoms with Crippen LogP contribution in [0.4, 0.5) is 4.39 Å². The van der Waals surface area contributed by atoms with Crippen LogP contribution in [0.25, 0.3) is 15.9 Å². The lowest BCUT2D eigenvalue weighted by atomic mass is 10.2. The van der Waals surface area contributed by atoms with Gasteiger partial charge < -0.3 is 4.98 Å². The lowest BCUT2D eigenvalue weighted by molar-refractivity contribution is 0.613. The summed E-state index contributed by atoms with van der Waals surface area (Å²) in [4.78, 5) is 21.8. The molecule has 9 heteroatoms. The van der Waals surface area contributed by atoms with Gasteiger partial charge in [-0.3, -0.25) is 9.36 Å². The van der Waals surface area contributed by atoms with Crippen LogP contribution >= 0.6 is 23.1 Å². The number of fused-ring (bicyclic) bond motifs is 1. The second-order valence-corrected chi connectivity index (χ2v) is 8.62. The van der Waals surface area contributed by atoms with E-state index in [1.165, 1.54) is 35.5 Å². The fourth-order valence-corrected chi connectivity index (χ4v) is 4.72. The molecule has 138 valence electrons. The molecule has 0 saturated carbocycles. The number of aromatic nitrogens is 5. The average molecular weight is 401 g/mol. The molecule has 3 aromatic heterocycles. The number of thiophene rings is 1. The molecule has 27 heavy (non-hydrogen) atoms. The van der Waals surface area contributed by atoms with Gasteiger partial charge in [-0.15, -0.1) is 21.5 Å². The zero-order valence-electron chi connectivity index (χ0n) is 14.9. The Hall–Kier alpha value is -2.52. The number of rotatable bonds is 4. The Balaban J connectivity index is 1.69. The van der Waals surface area contributed by atoms with Crippen LogP contribution in [0.5, 0.6) is 0 Å². The highest BCUT2D eigenvalue weighted by molar-refractivity contribution is 7.99. The third-order valence-corrected chi connectivity index (χ3v) is 6.52. The molecule has 0 aliphatic carbocycles. The van der Waals surface area contributed by atoms with Crippen molar-refractivity contribution in [1.29, 1.82) is 0 Å². The summed E-state index contributed by atoms with van der Waals surface area (Å²) in [5, 5.41) is 8.97. The van der Waals surface area contributed by atoms with Gasteiger partial charge in [0.2, 0.25) is 0 Å². The molecule has 4 rings (SSSR count). The van der Waals surface area contributed by atoms with Gasteiger partial charge in [0.25, 0.3) is 5.56 Å². The number of aromatic amines is 1. The number of thioether (sulfide) groups is 1. The highest BCUT2D eigenvalue weighted by atomic mass is 32.2. The summed E-state index contributed by atoms with van der Waals surface area (Å²) in [5.74, 6) is 0.200. The van der Waals surface area contributed by atoms with Crippen molar-refractivity contribution < 1.29 is 4.39 Å². The van der Waals surface area contributed by atoms with E-state index in [0.717, 1.165) is 15.3 Å². The number of aryl methyl sites for hydroxylation is 2. The maximum atomic E-state index is 14.1. The van der Waals surface area contributed by atoms with Crippen LogP contribution in [-0.4, -0.2) is 24.7 Å². The maximum absolute atomic E-state index is 14.1. The van der Waals surface area contributed by atoms with Crippen molar-refractivity contribution in [2.45, 2.75) is 31.2 Å². The van der Waals surface area contributed by atoms with Crippen LogP contribution in [0.2, 0.25) is 0 Å². The minimum absolute atomic E-state index is 0.139. The Morgan fingerprint density at radius 3 is 2.85 bits per heavy atom. The smallest absolute Gasteiger partial charge is 0.259 e. The molecule has 0 aliphatic heterocycles. The Morgan fingerprint density at radius 1 is 1.30 bits per heavy atom. The molecule has 3 heterocycles. The van der Waals surface area contributed by atoms with Crippen molar-refractivity contribution in [3.63, 3.8) is 0 Å². The molecular weight excluding hydrogens is 385 g/mol. The summed E-state index contributed by atoms with van der Waals surface area (Å²) in [5.41, 5.74) is 1.20. The number of nitrogens with zero attached hydrogens (tertiary/aromatic N) is 4. The third kappa shape index (κ3) is 3.17. The number of para-hydroxylation sites is 1. The van der Waals surface area contributed by atoms with E-state index < -0.39 is 0 Å². The molecule has 0 aliphatic rings. The topological polar surface area (TPSA) is 76.5 Å². The zero-order chi connectivity index (χ0) is 19.1. The molecule has 0 saturated heterocycles. The maximum Gasteiger partial charge on any atom is 0.259 e. The summed E-state index contributed by atoms with van der Waals surface area (Å²) in [6.07, 6.45) is 1.47. The van der Waals surface area contributed by atoms with Crippen molar-refractivity contribution in [2.75, 3.05) is 0 Å². The van der Waals surface area contributed by atoms with Crippen LogP contribution in [0, 0.1) is 19.7 Å². The van der Waals surface area contributed by atoms with Gasteiger partial charge in [0.05, 0.1) is 16.3 Å². The second kappa shape index (κ2) is 6.90. The molecule has 1 N–H and O–H groups in total. The van der Waals surface area contributed by atoms with Crippen molar-refractivity contribution in [3.05, 3.63) is 63.0 Å². The van der Waals surface area contributed by atoms with Gasteiger partial charge in [-0.2, -0.15) is 0 Å². The number of H-pyrrole nitrogens is 1. The Morgan fingerprint density at radius 2 is 2.07 bits per heavy atom. The quantitative estimate of drug-likeness (QED) is 0.519. The van der Waals surface area contributed by atoms with Gasteiger partial charge in [-0.1, -0.05) is 23.9 Å². The van der Waals surface area contributed by atoms with Crippen molar-refractivity contribution in [1.82, 2.24) is 24.7 Å². The van der Waals surface area contributed by atoms with Crippen LogP contribution < -0.4 is 5.56 Å². The van der Waals surface area contributed by atoms with Crippen LogP contribution in [0.15, 0.2) is 40.5 Å². The molecule has 6 nitrogen and oxygen atoms in total. The SMILES string of the molecule is Cc1sc2nc([C@H](C)Sc3nncn3-c3ccccc3F)[nH]c(=O)c2c1C. The van der Waals surface area contributed by atoms with Crippen molar-refractivity contribution >= 4 is 33.3 Å². The fraction of sp³-hybridized carbons (Fsp3) is 0.222. The molecule has 1 aromatic carbocycles. The zero-order valence-corrected chi connectivity index (χ0v) is 16.5. The molecule has 0 bridgehead atoms. The minimum Gasteiger partial charge on any atom is -0.309 e. The Labute approximate surface area is 162 Å². The summed E-state index contributed by atoms with van der Waals surface area (Å²) in [6, 6.07) is 6.44. The van der Waals surface area contributed by atoms with Crippen LogP contribution in [0.3, 0.4) is 0 Å². The molecule has 0 fully saturated rings. The average Bonchev–Trinajstić information content (AvgIpc) is 3.20. The second-order valence-electron chi connectivity index (χ2n) is 6.11. The van der Waals surface area contributed by atoms with E-state index in [2.05, 4.69) is 20.2 Å². The molecule has 0 unspecified atom stereocenters. The highest BCUT2D eigenvalue weighted by Gasteiger charge is 2.19. The number of nitrogens with one attached hydrogen (secondary N) is 1. The first-order valence-electron chi connectivity index (χ1n) is 8.27. The first-order chi connectivity index (χ1) is 13.0. The van der Waals surface area contributed by atoms with Gasteiger partial charge >= 0.3 is 0 Å². The van der Waals surface area contributed by atoms with Gasteiger partial charge in [0.15, 0.2) is 5.16 Å². The lowest BCUT2D eigenvalue weighted by Gasteiger charge is -2.11. The molecule has 0 spiro atoms. The molecule has 1 atom stereocenters. The fourth-order valence-electron chi connectivity index (χ4n) is 2.79. The number of hydrogen-bond acceptors (Lipinski definition) is 6. The third-order valence-electron chi connectivity index (χ3n) is 4.35. The lowest BCUT2D eigenvalue weighted by Crippen LogP contribution is -2.12. The van der Waals surface area contributed by atoms with Gasteiger partial charge in [0, 0.05) is 4.88 Å². The van der Waals surface area contributed by atoms with E-state index in [9.17, 15) is 9.18 Å². The molecular formula is C18H16FN5OS2. The van der Waals surface area contributed by atoms with Crippen molar-refractivity contribution in [3.8, 4) is 5.69 Å². The Bertz CT molecular complexity index is 1200. The van der Waals surface area contributed by atoms with E-state index in [-0.39, 0.29) is 16.6 Å². The standard InChI is InChI=1S/C18H16FN5OS2/c1-9-10(2)26-17-14(9)16(25)21-15(22-17)11(3)27-18-23-20-8-24(18)13-7-5-4-6-12(13)19/h4-8,11H,1-3H3,(H,21,22,25)/t11-/m0/s1. The predicted octanol–water partition coefficient (Wildman–Crippen LogP) is 4.17. The predicted molar refractivity (Wildman–Crippen MR) is 105 cm³/mol. The van der Waals surface area contributed by atoms with E-state index in [1.807, 2.05) is 20.8 Å². The summed E-state index contributed by atoms with van der Waals surface area (Å²) >= 11 is 2.87. The van der Waals surface area contributed by atoms with Gasteiger partial charge in [0.1, 0.15) is 22.8 Å². The van der Waals surface area contributed by atoms with E-state index >= 15 is 0 Å². The molecule has 0 amide bonds. The van der Waals surface area contributed by atoms with Gasteiger partial charge in [-0.25, -0.2) is 9.37 Å². The Kier molecular flexibility index (Phi) is 4.56. The number of halogens is 1. The van der Waals surface area contributed by atoms with Crippen LogP contribution in [0.1, 0.15) is 28.4 Å². The highest BCUT2D eigenvalue weighted by Crippen LogP contribution is 2.34. The van der Waals surface area contributed by atoms with Crippen LogP contribution in [-0.2, 0) is 0 Å². The summed E-state index contributed by atoms with van der Waals surface area (Å²) < 4.78 is 15.7. The molecule has 0 radical (unpaired) electrons. The van der Waals surface area contributed by atoms with E-state index in [1.54, 1.807) is 22.8 Å². The number of hydrogen-bond donors (Lipinski definition) is 1. The first kappa shape index (κ1) is 17.9. The minimum atomic E-state index is -0.357. The largest absolute Gasteiger partial charge is 0.309 e. The number of benzene rings is 1. The summed E-state index contributed by atoms with van der Waals surface area (Å²) in [6.45, 7) is 5.83. The normalized spacial score (nSPS) is 12.6. The van der Waals surface area contributed by atoms with Crippen molar-refractivity contribution in [2.24, 2.45) is 0 Å². The monoisotopic (exact) mass is 401 g/mol. The molecule has 4 aromatic rings. The van der Waals surface area contributed by atoms with E-state index in [0.29, 0.717) is 22.1 Å². The van der Waals surface area contributed by atoms with E-state index in [4.69, 9.17) is 0 Å². The summed E-state index contributed by atoms with van der Waals surface area (Å²) in [7, 11) is 0. The van der Waals surface area contributed by atoms with Gasteiger partial charge in [-0.05, 0) is 38.5 Å².